The van der Waals surface area contributed by atoms with Gasteiger partial charge < -0.3 is 41.4 Å². The van der Waals surface area contributed by atoms with Crippen molar-refractivity contribution in [2.75, 3.05) is 26.7 Å². The number of hydrogen-bond acceptors (Lipinski definition) is 12. The Morgan fingerprint density at radius 2 is 1.62 bits per heavy atom. The first-order valence-corrected chi connectivity index (χ1v) is 19.8. The average molecular weight is 797 g/mol. The standard InChI is InChI=1S/C37H60N6O11S/c1-22-21-28(52-10)23(2)24(3)29(22)55(50,51)43(30(45)26-15-14-19-40-26)37(31(46)47,32(48)53-35(4,5)6)25(17-20-41-33(38)39)27(44)16-12-11-13-18-42-34(49)54-36(7,8)9/h21,25-26,40H,11-20H2,1-10H3,(H,42,49)(H,46,47)(H4,38,39,41)/t25-,26-,37?/m1/s1. The number of ether oxygens (including phenoxy) is 3. The van der Waals surface area contributed by atoms with Crippen LogP contribution >= 0.6 is 0 Å². The summed E-state index contributed by atoms with van der Waals surface area (Å²) in [5, 5.41) is 16.9. The number of nitrogens with zero attached hydrogens (tertiary/aromatic N) is 2. The predicted molar refractivity (Wildman–Crippen MR) is 205 cm³/mol. The van der Waals surface area contributed by atoms with E-state index in [9.17, 15) is 29.1 Å². The number of benzene rings is 1. The molecule has 1 aromatic rings. The minimum atomic E-state index is -5.31. The van der Waals surface area contributed by atoms with Gasteiger partial charge in [0, 0.05) is 19.5 Å². The van der Waals surface area contributed by atoms with Gasteiger partial charge in [-0.1, -0.05) is 6.42 Å². The number of carbonyl (C=O) groups is 5. The fourth-order valence-corrected chi connectivity index (χ4v) is 8.70. The Morgan fingerprint density at radius 3 is 2.13 bits per heavy atom. The van der Waals surface area contributed by atoms with Gasteiger partial charge in [0.15, 0.2) is 5.96 Å². The number of nitrogens with two attached hydrogens (primary N) is 2. The van der Waals surface area contributed by atoms with Crippen LogP contribution in [0.4, 0.5) is 4.79 Å². The molecule has 2 amide bonds. The fraction of sp³-hybridized carbons (Fsp3) is 0.676. The number of nitrogens with one attached hydrogen (secondary N) is 2. The van der Waals surface area contributed by atoms with Gasteiger partial charge >= 0.3 is 18.0 Å². The van der Waals surface area contributed by atoms with E-state index in [-0.39, 0.29) is 41.2 Å². The van der Waals surface area contributed by atoms with Crippen LogP contribution in [-0.4, -0.2) is 103 Å². The highest BCUT2D eigenvalue weighted by Crippen LogP contribution is 2.41. The molecule has 1 aliphatic rings. The number of aliphatic carboxylic acids is 1. The number of ketones is 1. The molecule has 310 valence electrons. The van der Waals surface area contributed by atoms with Crippen LogP contribution in [0.2, 0.25) is 0 Å². The Hall–Kier alpha value is -4.45. The molecule has 1 fully saturated rings. The first-order valence-electron chi connectivity index (χ1n) is 18.3. The molecule has 0 spiro atoms. The highest BCUT2D eigenvalue weighted by atomic mass is 32.2. The molecule has 1 saturated heterocycles. The van der Waals surface area contributed by atoms with Gasteiger partial charge in [0.05, 0.1) is 24.0 Å². The van der Waals surface area contributed by atoms with Crippen LogP contribution in [-0.2, 0) is 38.7 Å². The van der Waals surface area contributed by atoms with Gasteiger partial charge in [-0.3, -0.25) is 14.6 Å². The molecule has 0 aliphatic carbocycles. The normalized spacial score (nSPS) is 16.3. The fourth-order valence-electron chi connectivity index (χ4n) is 6.49. The molecular formula is C37H60N6O11S. The maximum atomic E-state index is 15.3. The van der Waals surface area contributed by atoms with Crippen molar-refractivity contribution in [3.8, 4) is 5.75 Å². The zero-order valence-corrected chi connectivity index (χ0v) is 34.6. The van der Waals surface area contributed by atoms with E-state index in [2.05, 4.69) is 15.6 Å². The number of unbranched alkanes of at least 4 members (excludes halogenated alkanes) is 2. The number of aryl methyl sites for hydroxylation is 1. The van der Waals surface area contributed by atoms with Gasteiger partial charge in [0.1, 0.15) is 22.7 Å². The summed E-state index contributed by atoms with van der Waals surface area (Å²) in [5.41, 5.74) is 6.21. The third-order valence-electron chi connectivity index (χ3n) is 8.99. The van der Waals surface area contributed by atoms with E-state index in [0.717, 1.165) is 0 Å². The van der Waals surface area contributed by atoms with Crippen molar-refractivity contribution >= 4 is 45.7 Å². The quantitative estimate of drug-likeness (QED) is 0.0471. The highest BCUT2D eigenvalue weighted by molar-refractivity contribution is 7.90. The smallest absolute Gasteiger partial charge is 0.407 e. The van der Waals surface area contributed by atoms with Crippen molar-refractivity contribution in [3.05, 3.63) is 22.8 Å². The number of aliphatic imine (C=N–C) groups is 1. The van der Waals surface area contributed by atoms with Crippen molar-refractivity contribution in [2.45, 2.75) is 135 Å². The summed E-state index contributed by atoms with van der Waals surface area (Å²) in [5.74, 6) is -7.90. The van der Waals surface area contributed by atoms with E-state index in [1.807, 2.05) is 0 Å². The van der Waals surface area contributed by atoms with Crippen molar-refractivity contribution in [2.24, 2.45) is 22.4 Å². The van der Waals surface area contributed by atoms with E-state index >= 15 is 8.42 Å². The second-order valence-electron chi connectivity index (χ2n) is 15.7. The van der Waals surface area contributed by atoms with Crippen LogP contribution in [0.25, 0.3) is 0 Å². The molecule has 2 rings (SSSR count). The van der Waals surface area contributed by atoms with Crippen molar-refractivity contribution in [3.63, 3.8) is 0 Å². The number of alkyl carbamates (subject to hydrolysis) is 1. The molecule has 0 aromatic heterocycles. The SMILES string of the molecule is COc1cc(C)c(S(=O)(=O)N(C(=O)[C@H]2CCCN2)C(C(=O)O)(C(=O)OC(C)(C)C)[C@H](CCN=C(N)N)C(=O)CCCCCNC(=O)OC(C)(C)C)c(C)c1C. The molecule has 0 radical (unpaired) electrons. The molecular weight excluding hydrogens is 737 g/mol. The molecule has 17 nitrogen and oxygen atoms in total. The first-order chi connectivity index (χ1) is 25.3. The van der Waals surface area contributed by atoms with E-state index in [1.165, 1.54) is 47.8 Å². The van der Waals surface area contributed by atoms with Gasteiger partial charge in [-0.15, -0.1) is 0 Å². The summed E-state index contributed by atoms with van der Waals surface area (Å²) in [6.07, 6.45) is -0.0104. The minimum absolute atomic E-state index is 0.0729. The van der Waals surface area contributed by atoms with Crippen molar-refractivity contribution in [1.82, 2.24) is 14.9 Å². The Morgan fingerprint density at radius 1 is 1.00 bits per heavy atom. The molecule has 1 heterocycles. The highest BCUT2D eigenvalue weighted by Gasteiger charge is 2.67. The number of carbonyl (C=O) groups excluding carboxylic acids is 4. The van der Waals surface area contributed by atoms with Gasteiger partial charge in [0.2, 0.25) is 0 Å². The number of sulfonamides is 1. The van der Waals surface area contributed by atoms with Gasteiger partial charge in [0.25, 0.3) is 21.5 Å². The van der Waals surface area contributed by atoms with E-state index in [1.54, 1.807) is 27.7 Å². The maximum Gasteiger partial charge on any atom is 0.407 e. The van der Waals surface area contributed by atoms with Crippen LogP contribution in [0.1, 0.15) is 103 Å². The number of methoxy groups -OCH3 is 1. The number of carboxylic acid groups (broad SMARTS) is 1. The number of Topliss-reactive ketones (excluding diaryl/α,β-unsaturated/α-hetero) is 1. The lowest BCUT2D eigenvalue weighted by molar-refractivity contribution is -0.184. The van der Waals surface area contributed by atoms with Crippen molar-refractivity contribution in [1.29, 1.82) is 0 Å². The van der Waals surface area contributed by atoms with Crippen LogP contribution in [0, 0.1) is 26.7 Å². The molecule has 1 unspecified atom stereocenters. The summed E-state index contributed by atoms with van der Waals surface area (Å²) < 4.78 is 47.0. The summed E-state index contributed by atoms with van der Waals surface area (Å²) in [6, 6.07) is 0.211. The molecule has 3 atom stereocenters. The minimum Gasteiger partial charge on any atom is -0.496 e. The average Bonchev–Trinajstić information content (AvgIpc) is 3.58. The lowest BCUT2D eigenvalue weighted by Crippen LogP contribution is -2.71. The predicted octanol–water partition coefficient (Wildman–Crippen LogP) is 2.99. The van der Waals surface area contributed by atoms with Crippen molar-refractivity contribution < 1.29 is 51.7 Å². The number of guanidine groups is 1. The van der Waals surface area contributed by atoms with Crippen LogP contribution in [0.5, 0.6) is 5.75 Å². The molecule has 0 bridgehead atoms. The Labute approximate surface area is 324 Å². The third kappa shape index (κ3) is 11.8. The van der Waals surface area contributed by atoms with E-state index in [4.69, 9.17) is 25.7 Å². The van der Waals surface area contributed by atoms with E-state index < -0.39 is 92.3 Å². The second kappa shape index (κ2) is 18.9. The topological polar surface area (TPSA) is 259 Å². The Kier molecular flexibility index (Phi) is 16.1. The number of carboxylic acids is 1. The number of hydrogen-bond donors (Lipinski definition) is 5. The van der Waals surface area contributed by atoms with E-state index in [0.29, 0.717) is 37.1 Å². The summed E-state index contributed by atoms with van der Waals surface area (Å²) in [4.78, 5) is 73.6. The zero-order chi connectivity index (χ0) is 42.1. The number of amides is 2. The third-order valence-corrected chi connectivity index (χ3v) is 11.1. The summed E-state index contributed by atoms with van der Waals surface area (Å²) >= 11 is 0. The molecule has 7 N–H and O–H groups in total. The van der Waals surface area contributed by atoms with Crippen LogP contribution in [0.3, 0.4) is 0 Å². The Balaban J connectivity index is 2.89. The number of rotatable bonds is 18. The van der Waals surface area contributed by atoms with Gasteiger partial charge in [-0.25, -0.2) is 27.1 Å². The summed E-state index contributed by atoms with van der Waals surface area (Å²) in [6.45, 7) is 14.1. The molecule has 1 aromatic carbocycles. The number of esters is 1. The monoisotopic (exact) mass is 796 g/mol. The molecule has 1 aliphatic heterocycles. The first kappa shape index (κ1) is 46.7. The zero-order valence-electron chi connectivity index (χ0n) is 33.8. The Bertz CT molecular complexity index is 1720. The summed E-state index contributed by atoms with van der Waals surface area (Å²) in [7, 11) is -3.90. The molecule has 0 saturated carbocycles. The molecule has 18 heteroatoms. The second-order valence-corrected chi connectivity index (χ2v) is 17.4. The lowest BCUT2D eigenvalue weighted by atomic mass is 9.76. The molecule has 55 heavy (non-hydrogen) atoms. The largest absolute Gasteiger partial charge is 0.496 e. The van der Waals surface area contributed by atoms with Crippen LogP contribution in [0.15, 0.2) is 16.0 Å². The van der Waals surface area contributed by atoms with Gasteiger partial charge in [-0.05, 0) is 124 Å². The van der Waals surface area contributed by atoms with Crippen LogP contribution < -0.4 is 26.8 Å². The van der Waals surface area contributed by atoms with Gasteiger partial charge in [-0.2, -0.15) is 0 Å². The lowest BCUT2D eigenvalue weighted by Gasteiger charge is -2.44. The maximum absolute atomic E-state index is 15.3.